The number of hydrogen-bond acceptors (Lipinski definition) is 6. The van der Waals surface area contributed by atoms with E-state index in [0.717, 1.165) is 5.56 Å². The maximum Gasteiger partial charge on any atom is 0.261 e. The monoisotopic (exact) mass is 445 g/mol. The Morgan fingerprint density at radius 3 is 2.24 bits per heavy atom. The predicted octanol–water partition coefficient (Wildman–Crippen LogP) is 3.72. The van der Waals surface area contributed by atoms with Gasteiger partial charge in [0.15, 0.2) is 11.5 Å². The van der Waals surface area contributed by atoms with E-state index in [4.69, 9.17) is 14.2 Å². The highest BCUT2D eigenvalue weighted by molar-refractivity contribution is 6.04. The van der Waals surface area contributed by atoms with Crippen LogP contribution in [0.25, 0.3) is 10.9 Å². The molecule has 8 heteroatoms. The minimum absolute atomic E-state index is 0.107. The number of ether oxygens (including phenoxy) is 3. The maximum atomic E-state index is 12.7. The first-order valence-corrected chi connectivity index (χ1v) is 10.2. The van der Waals surface area contributed by atoms with Crippen LogP contribution in [-0.2, 0) is 6.54 Å². The van der Waals surface area contributed by atoms with Gasteiger partial charge in [-0.1, -0.05) is 24.3 Å². The molecule has 0 spiro atoms. The molecule has 0 unspecified atom stereocenters. The number of hydrogen-bond donors (Lipinski definition) is 1. The van der Waals surface area contributed by atoms with Gasteiger partial charge in [-0.2, -0.15) is 0 Å². The first kappa shape index (κ1) is 21.9. The van der Waals surface area contributed by atoms with Crippen molar-refractivity contribution in [2.75, 3.05) is 26.6 Å². The van der Waals surface area contributed by atoms with Gasteiger partial charge >= 0.3 is 0 Å². The van der Waals surface area contributed by atoms with Crippen molar-refractivity contribution in [1.29, 1.82) is 0 Å². The second-order valence-corrected chi connectivity index (χ2v) is 7.26. The Kier molecular flexibility index (Phi) is 6.26. The summed E-state index contributed by atoms with van der Waals surface area (Å²) in [6.07, 6.45) is 1.54. The number of para-hydroxylation sites is 1. The van der Waals surface area contributed by atoms with Crippen LogP contribution in [0.3, 0.4) is 0 Å². The fourth-order valence-electron chi connectivity index (χ4n) is 3.53. The van der Waals surface area contributed by atoms with E-state index in [1.54, 1.807) is 34.9 Å². The summed E-state index contributed by atoms with van der Waals surface area (Å²) in [5.41, 5.74) is 2.41. The fraction of sp³-hybridized carbons (Fsp3) is 0.160. The van der Waals surface area contributed by atoms with E-state index < -0.39 is 0 Å². The van der Waals surface area contributed by atoms with Gasteiger partial charge in [0, 0.05) is 23.4 Å². The number of anilines is 1. The van der Waals surface area contributed by atoms with Crippen LogP contribution in [0, 0.1) is 0 Å². The molecule has 0 radical (unpaired) electrons. The van der Waals surface area contributed by atoms with Crippen molar-refractivity contribution in [3.8, 4) is 17.2 Å². The molecule has 4 aromatic rings. The Labute approximate surface area is 190 Å². The first-order valence-electron chi connectivity index (χ1n) is 10.2. The van der Waals surface area contributed by atoms with E-state index in [0.29, 0.717) is 45.9 Å². The Bertz CT molecular complexity index is 1340. The molecule has 0 aliphatic heterocycles. The molecule has 0 aliphatic carbocycles. The van der Waals surface area contributed by atoms with Crippen molar-refractivity contribution in [3.05, 3.63) is 88.5 Å². The van der Waals surface area contributed by atoms with E-state index in [-0.39, 0.29) is 11.5 Å². The third kappa shape index (κ3) is 4.50. The smallest absolute Gasteiger partial charge is 0.261 e. The van der Waals surface area contributed by atoms with Crippen molar-refractivity contribution in [3.63, 3.8) is 0 Å². The van der Waals surface area contributed by atoms with Crippen LogP contribution in [0.4, 0.5) is 5.69 Å². The lowest BCUT2D eigenvalue weighted by Gasteiger charge is -2.14. The highest BCUT2D eigenvalue weighted by Gasteiger charge is 2.15. The number of aromatic nitrogens is 2. The summed E-state index contributed by atoms with van der Waals surface area (Å²) >= 11 is 0. The number of nitrogens with zero attached hydrogens (tertiary/aromatic N) is 2. The van der Waals surface area contributed by atoms with Crippen molar-refractivity contribution < 1.29 is 19.0 Å². The van der Waals surface area contributed by atoms with Crippen LogP contribution < -0.4 is 25.1 Å². The standard InChI is InChI=1S/C25H23N3O5/c1-31-21-12-18(13-22(32-2)23(21)33-3)27-24(29)17-10-8-16(9-11-17)14-28-15-26-20-7-5-4-6-19(20)25(28)30/h4-13,15H,14H2,1-3H3,(H,27,29). The average molecular weight is 445 g/mol. The van der Waals surface area contributed by atoms with Gasteiger partial charge in [0.1, 0.15) is 0 Å². The largest absolute Gasteiger partial charge is 0.493 e. The predicted molar refractivity (Wildman–Crippen MR) is 126 cm³/mol. The molecule has 0 saturated heterocycles. The van der Waals surface area contributed by atoms with Crippen LogP contribution in [0.5, 0.6) is 17.2 Å². The van der Waals surface area contributed by atoms with Crippen LogP contribution in [0.1, 0.15) is 15.9 Å². The summed E-state index contributed by atoms with van der Waals surface area (Å²) in [6, 6.07) is 17.6. The molecule has 8 nitrogen and oxygen atoms in total. The van der Waals surface area contributed by atoms with Gasteiger partial charge in [-0.05, 0) is 29.8 Å². The second kappa shape index (κ2) is 9.44. The molecular weight excluding hydrogens is 422 g/mol. The quantitative estimate of drug-likeness (QED) is 0.466. The van der Waals surface area contributed by atoms with Crippen molar-refractivity contribution >= 4 is 22.5 Å². The lowest BCUT2D eigenvalue weighted by molar-refractivity contribution is 0.102. The Morgan fingerprint density at radius 1 is 0.939 bits per heavy atom. The molecule has 168 valence electrons. The van der Waals surface area contributed by atoms with E-state index >= 15 is 0 Å². The molecule has 0 bridgehead atoms. The number of fused-ring (bicyclic) bond motifs is 1. The van der Waals surface area contributed by atoms with Crippen LogP contribution in [0.2, 0.25) is 0 Å². The number of amides is 1. The van der Waals surface area contributed by atoms with Gasteiger partial charge in [0.2, 0.25) is 5.75 Å². The molecule has 1 aromatic heterocycles. The van der Waals surface area contributed by atoms with Crippen LogP contribution in [-0.4, -0.2) is 36.8 Å². The molecule has 33 heavy (non-hydrogen) atoms. The molecular formula is C25H23N3O5. The SMILES string of the molecule is COc1cc(NC(=O)c2ccc(Cn3cnc4ccccc4c3=O)cc2)cc(OC)c1OC. The summed E-state index contributed by atoms with van der Waals surface area (Å²) in [7, 11) is 4.54. The molecule has 3 aromatic carbocycles. The van der Waals surface area contributed by atoms with E-state index in [1.807, 2.05) is 30.3 Å². The van der Waals surface area contributed by atoms with E-state index in [9.17, 15) is 9.59 Å². The third-order valence-corrected chi connectivity index (χ3v) is 5.22. The van der Waals surface area contributed by atoms with Gasteiger partial charge < -0.3 is 19.5 Å². The van der Waals surface area contributed by atoms with Crippen molar-refractivity contribution in [2.24, 2.45) is 0 Å². The van der Waals surface area contributed by atoms with E-state index in [1.165, 1.54) is 27.7 Å². The third-order valence-electron chi connectivity index (χ3n) is 5.22. The summed E-state index contributed by atoms with van der Waals surface area (Å²) in [5.74, 6) is 1.04. The summed E-state index contributed by atoms with van der Waals surface area (Å²) in [6.45, 7) is 0.353. The topological polar surface area (TPSA) is 91.7 Å². The summed E-state index contributed by atoms with van der Waals surface area (Å²) in [5, 5.41) is 3.41. The molecule has 1 N–H and O–H groups in total. The molecule has 0 atom stereocenters. The zero-order valence-electron chi connectivity index (χ0n) is 18.5. The zero-order valence-corrected chi connectivity index (χ0v) is 18.5. The lowest BCUT2D eigenvalue weighted by Crippen LogP contribution is -2.21. The van der Waals surface area contributed by atoms with Crippen molar-refractivity contribution in [1.82, 2.24) is 9.55 Å². The Morgan fingerprint density at radius 2 is 1.61 bits per heavy atom. The Hall–Kier alpha value is -4.33. The summed E-state index contributed by atoms with van der Waals surface area (Å²) in [4.78, 5) is 29.8. The summed E-state index contributed by atoms with van der Waals surface area (Å²) < 4.78 is 17.5. The minimum Gasteiger partial charge on any atom is -0.493 e. The van der Waals surface area contributed by atoms with Crippen LogP contribution >= 0.6 is 0 Å². The average Bonchev–Trinajstić information content (AvgIpc) is 2.85. The highest BCUT2D eigenvalue weighted by Crippen LogP contribution is 2.40. The fourth-order valence-corrected chi connectivity index (χ4v) is 3.53. The number of methoxy groups -OCH3 is 3. The molecule has 0 saturated carbocycles. The number of carbonyl (C=O) groups is 1. The Balaban J connectivity index is 1.51. The number of rotatable bonds is 7. The number of benzene rings is 3. The number of nitrogens with one attached hydrogen (secondary N) is 1. The molecule has 0 fully saturated rings. The van der Waals surface area contributed by atoms with Gasteiger partial charge in [-0.3, -0.25) is 14.2 Å². The van der Waals surface area contributed by atoms with Gasteiger partial charge in [0.05, 0.1) is 45.1 Å². The van der Waals surface area contributed by atoms with Gasteiger partial charge in [0.25, 0.3) is 11.5 Å². The maximum absolute atomic E-state index is 12.7. The van der Waals surface area contributed by atoms with E-state index in [2.05, 4.69) is 10.3 Å². The lowest BCUT2D eigenvalue weighted by atomic mass is 10.1. The normalized spacial score (nSPS) is 10.6. The van der Waals surface area contributed by atoms with Gasteiger partial charge in [-0.25, -0.2) is 4.98 Å². The molecule has 4 rings (SSSR count). The van der Waals surface area contributed by atoms with Crippen LogP contribution in [0.15, 0.2) is 71.8 Å². The first-order chi connectivity index (χ1) is 16.0. The highest BCUT2D eigenvalue weighted by atomic mass is 16.5. The van der Waals surface area contributed by atoms with Gasteiger partial charge in [-0.15, -0.1) is 0 Å². The number of carbonyl (C=O) groups excluding carboxylic acids is 1. The molecule has 1 heterocycles. The van der Waals surface area contributed by atoms with Crippen molar-refractivity contribution in [2.45, 2.75) is 6.54 Å². The molecule has 0 aliphatic rings. The molecule has 1 amide bonds. The minimum atomic E-state index is -0.291. The zero-order chi connectivity index (χ0) is 23.4. The second-order valence-electron chi connectivity index (χ2n) is 7.26.